The number of nitrogens with zero attached hydrogens (tertiary/aromatic N) is 1. The minimum absolute atomic E-state index is 0.0117. The molecule has 5 nitrogen and oxygen atoms in total. The molecule has 0 bridgehead atoms. The predicted molar refractivity (Wildman–Crippen MR) is 135 cm³/mol. The van der Waals surface area contributed by atoms with Crippen molar-refractivity contribution in [1.82, 2.24) is 0 Å². The van der Waals surface area contributed by atoms with E-state index in [-0.39, 0.29) is 41.3 Å². The van der Waals surface area contributed by atoms with Gasteiger partial charge in [0.2, 0.25) is 5.70 Å². The molecule has 0 unspecified atom stereocenters. The van der Waals surface area contributed by atoms with Gasteiger partial charge >= 0.3 is 0 Å². The van der Waals surface area contributed by atoms with Crippen LogP contribution in [0, 0.1) is 51.4 Å². The van der Waals surface area contributed by atoms with Crippen molar-refractivity contribution in [2.75, 3.05) is 6.61 Å². The molecule has 0 aromatic heterocycles. The number of carbonyl (C=O) groups excluding carboxylic acids is 1. The van der Waals surface area contributed by atoms with E-state index in [1.807, 2.05) is 6.92 Å². The maximum Gasteiger partial charge on any atom is 0.203 e. The first-order valence-electron chi connectivity index (χ1n) is 13.6. The highest BCUT2D eigenvalue weighted by Crippen LogP contribution is 2.75. The molecule has 0 amide bonds. The third-order valence-corrected chi connectivity index (χ3v) is 12.4. The number of aliphatic hydroxyl groups is 3. The first-order valence-corrected chi connectivity index (χ1v) is 13.6. The topological polar surface area (TPSA) is 82.1 Å². The fourth-order valence-electron chi connectivity index (χ4n) is 9.89. The van der Waals surface area contributed by atoms with Gasteiger partial charge in [0.05, 0.1) is 12.3 Å². The van der Waals surface area contributed by atoms with Gasteiger partial charge in [-0.2, -0.15) is 0 Å². The summed E-state index contributed by atoms with van der Waals surface area (Å²) in [5.74, 6) is -0.233. The minimum atomic E-state index is -1.52. The van der Waals surface area contributed by atoms with E-state index in [1.165, 1.54) is 0 Å². The Kier molecular flexibility index (Phi) is 5.17. The molecule has 0 saturated heterocycles. The van der Waals surface area contributed by atoms with Crippen LogP contribution in [0.15, 0.2) is 23.1 Å². The van der Waals surface area contributed by atoms with Gasteiger partial charge in [0, 0.05) is 23.9 Å². The van der Waals surface area contributed by atoms with Crippen LogP contribution in [0.1, 0.15) is 92.9 Å². The van der Waals surface area contributed by atoms with Crippen LogP contribution in [-0.2, 0) is 4.79 Å². The van der Waals surface area contributed by atoms with E-state index >= 15 is 0 Å². The van der Waals surface area contributed by atoms with Crippen LogP contribution < -0.4 is 0 Å². The van der Waals surface area contributed by atoms with Crippen molar-refractivity contribution in [2.45, 2.75) is 98.5 Å². The molecule has 0 heterocycles. The highest BCUT2D eigenvalue weighted by molar-refractivity contribution is 6.00. The van der Waals surface area contributed by atoms with E-state index in [1.54, 1.807) is 6.08 Å². The fraction of sp³-hybridized carbons (Fsp3) is 0.800. The quantitative estimate of drug-likeness (QED) is 0.402. The Morgan fingerprint density at radius 2 is 1.74 bits per heavy atom. The summed E-state index contributed by atoms with van der Waals surface area (Å²) in [6, 6.07) is 0. The molecule has 0 aliphatic heterocycles. The summed E-state index contributed by atoms with van der Waals surface area (Å²) in [6.07, 6.45) is 8.04. The number of hydrogen-bond acceptors (Lipinski definition) is 4. The second kappa shape index (κ2) is 7.23. The summed E-state index contributed by atoms with van der Waals surface area (Å²) >= 11 is 0. The average Bonchev–Trinajstić information content (AvgIpc) is 2.80. The molecule has 5 rings (SSSR count). The molecule has 8 atom stereocenters. The number of aliphatic hydroxyl groups excluding tert-OH is 2. The van der Waals surface area contributed by atoms with Crippen LogP contribution in [0.4, 0.5) is 0 Å². The van der Waals surface area contributed by atoms with E-state index in [2.05, 4.69) is 39.5 Å². The Morgan fingerprint density at radius 1 is 1.09 bits per heavy atom. The Hall–Kier alpha value is -1.64. The third kappa shape index (κ3) is 2.79. The molecule has 5 heteroatoms. The van der Waals surface area contributed by atoms with Gasteiger partial charge in [-0.25, -0.2) is 4.85 Å². The van der Waals surface area contributed by atoms with Crippen LogP contribution in [0.5, 0.6) is 0 Å². The molecular formula is C30H43NO4. The van der Waals surface area contributed by atoms with Crippen molar-refractivity contribution in [3.05, 3.63) is 34.5 Å². The van der Waals surface area contributed by atoms with E-state index < -0.39 is 27.3 Å². The van der Waals surface area contributed by atoms with Crippen molar-refractivity contribution >= 4 is 5.78 Å². The first kappa shape index (κ1) is 25.0. The predicted octanol–water partition coefficient (Wildman–Crippen LogP) is 5.98. The van der Waals surface area contributed by atoms with Gasteiger partial charge < -0.3 is 15.3 Å². The van der Waals surface area contributed by atoms with Gasteiger partial charge in [-0.15, -0.1) is 0 Å². The van der Waals surface area contributed by atoms with Crippen LogP contribution in [0.25, 0.3) is 4.85 Å². The van der Waals surface area contributed by atoms with Gasteiger partial charge in [-0.3, -0.25) is 4.79 Å². The molecule has 0 aromatic carbocycles. The second-order valence-corrected chi connectivity index (χ2v) is 14.3. The number of carbonyl (C=O) groups is 1. The van der Waals surface area contributed by atoms with Gasteiger partial charge in [-0.1, -0.05) is 47.1 Å². The lowest BCUT2D eigenvalue weighted by atomic mass is 9.33. The van der Waals surface area contributed by atoms with Crippen LogP contribution >= 0.6 is 0 Å². The van der Waals surface area contributed by atoms with Crippen molar-refractivity contribution in [2.24, 2.45) is 44.8 Å². The molecule has 3 fully saturated rings. The normalized spacial score (nSPS) is 50.8. The summed E-state index contributed by atoms with van der Waals surface area (Å²) in [6.45, 7) is 20.7. The maximum atomic E-state index is 14.3. The lowest BCUT2D eigenvalue weighted by molar-refractivity contribution is -0.251. The number of allylic oxidation sites excluding steroid dienone is 3. The highest BCUT2D eigenvalue weighted by Gasteiger charge is 2.75. The molecule has 0 aromatic rings. The molecule has 5 aliphatic rings. The zero-order chi connectivity index (χ0) is 25.8. The fourth-order valence-corrected chi connectivity index (χ4v) is 9.89. The number of hydrogen-bond donors (Lipinski definition) is 3. The van der Waals surface area contributed by atoms with Crippen molar-refractivity contribution in [3.63, 3.8) is 0 Å². The Balaban J connectivity index is 1.70. The van der Waals surface area contributed by atoms with E-state index in [0.717, 1.165) is 44.1 Å². The monoisotopic (exact) mass is 481 g/mol. The lowest BCUT2D eigenvalue weighted by Gasteiger charge is -2.71. The number of ketones is 1. The van der Waals surface area contributed by atoms with Crippen LogP contribution in [0.3, 0.4) is 0 Å². The van der Waals surface area contributed by atoms with Crippen molar-refractivity contribution in [1.29, 1.82) is 0 Å². The molecule has 0 spiro atoms. The Bertz CT molecular complexity index is 1080. The maximum absolute atomic E-state index is 14.3. The first-order chi connectivity index (χ1) is 16.2. The zero-order valence-electron chi connectivity index (χ0n) is 22.4. The number of fused-ring (bicyclic) bond motifs is 7. The molecule has 35 heavy (non-hydrogen) atoms. The third-order valence-electron chi connectivity index (χ3n) is 12.4. The Labute approximate surface area is 210 Å². The summed E-state index contributed by atoms with van der Waals surface area (Å²) < 4.78 is 0. The van der Waals surface area contributed by atoms with Gasteiger partial charge in [0.1, 0.15) is 5.60 Å². The molecular weight excluding hydrogens is 438 g/mol. The second-order valence-electron chi connectivity index (χ2n) is 14.3. The van der Waals surface area contributed by atoms with E-state index in [0.29, 0.717) is 18.5 Å². The smallest absolute Gasteiger partial charge is 0.203 e. The van der Waals surface area contributed by atoms with Crippen molar-refractivity contribution in [3.8, 4) is 0 Å². The van der Waals surface area contributed by atoms with E-state index in [9.17, 15) is 20.1 Å². The highest BCUT2D eigenvalue weighted by atomic mass is 16.3. The van der Waals surface area contributed by atoms with Crippen LogP contribution in [-0.4, -0.2) is 33.3 Å². The standard InChI is InChI=1S/C30H43NO4/c1-18-19-8-9-27(5)21(26(19,4)15-20(31-7)24(18)34)14-23(33)30(35)22-16-25(2,3)10-12-29(22,17-32)13-11-28(27,30)6/h14,18-19,22,32,34-35H,8-13,15-17H2,1-6H3/t18-,19-,22+,26-,27+,28-,29+,30+/m0/s1. The summed E-state index contributed by atoms with van der Waals surface area (Å²) in [5, 5.41) is 34.1. The van der Waals surface area contributed by atoms with Gasteiger partial charge in [0.25, 0.3) is 0 Å². The molecule has 0 radical (unpaired) electrons. The SMILES string of the molecule is [C-]#[N+]C1=C(O)[C@@H](C)[C@@H]2CC[C@]3(C)C(=CC(=O)[C@]4(O)[C@@H]5CC(C)(C)CC[C@]5(CO)CC[C@@]34C)[C@@]2(C)C1. The lowest BCUT2D eigenvalue weighted by Crippen LogP contribution is -2.74. The molecule has 3 saturated carbocycles. The molecule has 5 aliphatic carbocycles. The van der Waals surface area contributed by atoms with Gasteiger partial charge in [-0.05, 0) is 85.0 Å². The molecule has 192 valence electrons. The summed E-state index contributed by atoms with van der Waals surface area (Å²) in [5.41, 5.74) is -1.89. The zero-order valence-corrected chi connectivity index (χ0v) is 22.4. The summed E-state index contributed by atoms with van der Waals surface area (Å²) in [7, 11) is 0. The Morgan fingerprint density at radius 3 is 2.37 bits per heavy atom. The van der Waals surface area contributed by atoms with Crippen LogP contribution in [0.2, 0.25) is 0 Å². The van der Waals surface area contributed by atoms with Gasteiger partial charge in [0.15, 0.2) is 5.78 Å². The largest absolute Gasteiger partial charge is 0.523 e. The van der Waals surface area contributed by atoms with Crippen molar-refractivity contribution < 1.29 is 20.1 Å². The summed E-state index contributed by atoms with van der Waals surface area (Å²) in [4.78, 5) is 17.9. The molecule has 3 N–H and O–H groups in total. The minimum Gasteiger partial charge on any atom is -0.523 e. The van der Waals surface area contributed by atoms with E-state index in [4.69, 9.17) is 6.57 Å². The average molecular weight is 482 g/mol. The number of rotatable bonds is 1.